The van der Waals surface area contributed by atoms with E-state index in [1.165, 1.54) is 10.9 Å². The normalized spacial score (nSPS) is 21.7. The van der Waals surface area contributed by atoms with Crippen molar-refractivity contribution in [2.45, 2.75) is 18.4 Å². The monoisotopic (exact) mass is 329 g/mol. The van der Waals surface area contributed by atoms with Gasteiger partial charge in [0.2, 0.25) is 5.91 Å². The first-order chi connectivity index (χ1) is 11.5. The minimum absolute atomic E-state index is 0.0563. The zero-order valence-corrected chi connectivity index (χ0v) is 14.3. The van der Waals surface area contributed by atoms with E-state index >= 15 is 0 Å². The first-order valence-electron chi connectivity index (χ1n) is 8.27. The summed E-state index contributed by atoms with van der Waals surface area (Å²) in [5, 5.41) is 14.5. The Morgan fingerprint density at radius 2 is 2.21 bits per heavy atom. The summed E-state index contributed by atoms with van der Waals surface area (Å²) in [6, 6.07) is 6.04. The molecule has 0 saturated carbocycles. The van der Waals surface area contributed by atoms with Crippen LogP contribution in [0.1, 0.15) is 24.2 Å². The van der Waals surface area contributed by atoms with Crippen LogP contribution in [-0.2, 0) is 17.3 Å². The molecule has 1 saturated heterocycles. The fraction of sp³-hybridized carbons (Fsp3) is 0.500. The molecule has 128 valence electrons. The van der Waals surface area contributed by atoms with Gasteiger partial charge in [0, 0.05) is 56.2 Å². The van der Waals surface area contributed by atoms with Gasteiger partial charge in [0.15, 0.2) is 0 Å². The number of rotatable bonds is 2. The van der Waals surface area contributed by atoms with Crippen molar-refractivity contribution >= 4 is 16.8 Å². The van der Waals surface area contributed by atoms with E-state index < -0.39 is 0 Å². The van der Waals surface area contributed by atoms with Crippen molar-refractivity contribution < 1.29 is 14.6 Å². The van der Waals surface area contributed by atoms with Crippen molar-refractivity contribution in [2.75, 3.05) is 33.4 Å². The lowest BCUT2D eigenvalue weighted by molar-refractivity contribution is -0.136. The smallest absolute Gasteiger partial charge is 0.219 e. The van der Waals surface area contributed by atoms with E-state index in [0.29, 0.717) is 0 Å². The molecule has 1 amide bonds. The van der Waals surface area contributed by atoms with Crippen LogP contribution in [0.15, 0.2) is 18.2 Å². The van der Waals surface area contributed by atoms with Crippen LogP contribution in [0.3, 0.4) is 0 Å². The van der Waals surface area contributed by atoms with Gasteiger partial charge in [-0.15, -0.1) is 0 Å². The first-order valence-corrected chi connectivity index (χ1v) is 8.27. The van der Waals surface area contributed by atoms with E-state index in [-0.39, 0.29) is 24.0 Å². The lowest BCUT2D eigenvalue weighted by Gasteiger charge is -2.53. The summed E-state index contributed by atoms with van der Waals surface area (Å²) < 4.78 is 7.52. The number of hydrogen-bond donors (Lipinski definition) is 2. The summed E-state index contributed by atoms with van der Waals surface area (Å²) in [5.41, 5.74) is 3.43. The molecule has 2 aliphatic heterocycles. The second-order valence-corrected chi connectivity index (χ2v) is 6.97. The SMILES string of the molecule is COc1ccc2c3c(n(C)c2c1)[C@H](CO)NCC31CN(C(C)=O)C1. The molecule has 6 heteroatoms. The number of amides is 1. The Bertz CT molecular complexity index is 821. The number of aliphatic hydroxyl groups is 1. The predicted octanol–water partition coefficient (Wildman–Crippen LogP) is 0.923. The van der Waals surface area contributed by atoms with Crippen LogP contribution in [0, 0.1) is 0 Å². The summed E-state index contributed by atoms with van der Waals surface area (Å²) in [7, 11) is 3.70. The molecule has 4 rings (SSSR count). The van der Waals surface area contributed by atoms with Crippen LogP contribution >= 0.6 is 0 Å². The van der Waals surface area contributed by atoms with Crippen molar-refractivity contribution in [1.82, 2.24) is 14.8 Å². The lowest BCUT2D eigenvalue weighted by atomic mass is 9.69. The molecule has 1 fully saturated rings. The maximum absolute atomic E-state index is 11.7. The molecule has 1 spiro atoms. The molecule has 1 atom stereocenters. The van der Waals surface area contributed by atoms with Crippen LogP contribution in [-0.4, -0.2) is 53.8 Å². The average Bonchev–Trinajstić information content (AvgIpc) is 2.85. The number of aliphatic hydroxyl groups excluding tert-OH is 1. The Kier molecular flexibility index (Phi) is 3.37. The predicted molar refractivity (Wildman–Crippen MR) is 91.2 cm³/mol. The Labute approximate surface area is 141 Å². The standard InChI is InChI=1S/C18H23N3O3/c1-11(23)21-9-18(10-21)8-19-14(7-22)17-16(18)13-5-4-12(24-3)6-15(13)20(17)2/h4-6,14,19,22H,7-10H2,1-3H3/t14-/m0/s1. The molecular formula is C18H23N3O3. The molecule has 3 heterocycles. The van der Waals surface area contributed by atoms with Crippen molar-refractivity contribution in [1.29, 1.82) is 0 Å². The molecular weight excluding hydrogens is 306 g/mol. The van der Waals surface area contributed by atoms with Crippen LogP contribution in [0.25, 0.3) is 10.9 Å². The Hall–Kier alpha value is -2.05. The van der Waals surface area contributed by atoms with Crippen molar-refractivity contribution in [3.05, 3.63) is 29.5 Å². The maximum Gasteiger partial charge on any atom is 0.219 e. The third kappa shape index (κ3) is 1.93. The lowest BCUT2D eigenvalue weighted by Crippen LogP contribution is -2.66. The summed E-state index contributed by atoms with van der Waals surface area (Å²) in [6.45, 7) is 3.91. The Morgan fingerprint density at radius 3 is 2.83 bits per heavy atom. The number of benzene rings is 1. The first kappa shape index (κ1) is 15.5. The highest BCUT2D eigenvalue weighted by molar-refractivity contribution is 5.89. The molecule has 1 aromatic carbocycles. The zero-order chi connectivity index (χ0) is 17.1. The van der Waals surface area contributed by atoms with Gasteiger partial charge in [0.05, 0.1) is 25.3 Å². The summed E-state index contributed by atoms with van der Waals surface area (Å²) >= 11 is 0. The molecule has 0 bridgehead atoms. The van der Waals surface area contributed by atoms with E-state index in [0.717, 1.165) is 36.6 Å². The van der Waals surface area contributed by atoms with Gasteiger partial charge >= 0.3 is 0 Å². The molecule has 1 aromatic heterocycles. The second-order valence-electron chi connectivity index (χ2n) is 6.97. The largest absolute Gasteiger partial charge is 0.497 e. The third-order valence-corrected chi connectivity index (χ3v) is 5.62. The molecule has 0 unspecified atom stereocenters. The number of ether oxygens (including phenoxy) is 1. The second kappa shape index (κ2) is 5.22. The number of hydrogen-bond acceptors (Lipinski definition) is 4. The Morgan fingerprint density at radius 1 is 1.46 bits per heavy atom. The van der Waals surface area contributed by atoms with Crippen molar-refractivity contribution in [3.63, 3.8) is 0 Å². The highest BCUT2D eigenvalue weighted by Crippen LogP contribution is 2.46. The number of nitrogens with one attached hydrogen (secondary N) is 1. The van der Waals surface area contributed by atoms with Gasteiger partial charge in [-0.25, -0.2) is 0 Å². The van der Waals surface area contributed by atoms with E-state index in [9.17, 15) is 9.90 Å². The molecule has 0 aliphatic carbocycles. The highest BCUT2D eigenvalue weighted by atomic mass is 16.5. The van der Waals surface area contributed by atoms with E-state index in [2.05, 4.69) is 16.0 Å². The number of aromatic nitrogens is 1. The summed E-state index contributed by atoms with van der Waals surface area (Å²) in [5.74, 6) is 0.940. The fourth-order valence-electron chi connectivity index (χ4n) is 4.36. The number of nitrogens with zero attached hydrogens (tertiary/aromatic N) is 2. The van der Waals surface area contributed by atoms with Crippen molar-refractivity contribution in [2.24, 2.45) is 7.05 Å². The van der Waals surface area contributed by atoms with Gasteiger partial charge in [0.25, 0.3) is 0 Å². The van der Waals surface area contributed by atoms with Crippen LogP contribution in [0.2, 0.25) is 0 Å². The minimum atomic E-state index is -0.0830. The average molecular weight is 329 g/mol. The maximum atomic E-state index is 11.7. The number of carbonyl (C=O) groups excluding carboxylic acids is 1. The van der Waals surface area contributed by atoms with E-state index in [4.69, 9.17) is 4.74 Å². The number of aryl methyl sites for hydroxylation is 1. The van der Waals surface area contributed by atoms with Gasteiger partial charge in [-0.1, -0.05) is 0 Å². The van der Waals surface area contributed by atoms with Gasteiger partial charge in [-0.3, -0.25) is 4.79 Å². The molecule has 2 N–H and O–H groups in total. The number of methoxy groups -OCH3 is 1. The van der Waals surface area contributed by atoms with Gasteiger partial charge in [-0.05, 0) is 17.7 Å². The fourth-order valence-corrected chi connectivity index (χ4v) is 4.36. The van der Waals surface area contributed by atoms with Crippen molar-refractivity contribution in [3.8, 4) is 5.75 Å². The molecule has 24 heavy (non-hydrogen) atoms. The molecule has 2 aromatic rings. The van der Waals surface area contributed by atoms with E-state index in [1.807, 2.05) is 24.1 Å². The van der Waals surface area contributed by atoms with Gasteiger partial charge < -0.3 is 24.6 Å². The number of fused-ring (bicyclic) bond motifs is 4. The van der Waals surface area contributed by atoms with Gasteiger partial charge in [-0.2, -0.15) is 0 Å². The summed E-state index contributed by atoms with van der Waals surface area (Å²) in [4.78, 5) is 13.6. The minimum Gasteiger partial charge on any atom is -0.497 e. The topological polar surface area (TPSA) is 66.7 Å². The molecule has 0 radical (unpaired) electrons. The molecule has 2 aliphatic rings. The summed E-state index contributed by atoms with van der Waals surface area (Å²) in [6.07, 6.45) is 0. The van der Waals surface area contributed by atoms with Crippen LogP contribution in [0.5, 0.6) is 5.75 Å². The quantitative estimate of drug-likeness (QED) is 0.860. The Balaban J connectivity index is 1.92. The van der Waals surface area contributed by atoms with Gasteiger partial charge in [0.1, 0.15) is 5.75 Å². The zero-order valence-electron chi connectivity index (χ0n) is 14.3. The highest BCUT2D eigenvalue weighted by Gasteiger charge is 2.51. The third-order valence-electron chi connectivity index (χ3n) is 5.62. The van der Waals surface area contributed by atoms with Crippen LogP contribution < -0.4 is 10.1 Å². The number of likely N-dealkylation sites (tertiary alicyclic amines) is 1. The number of carbonyl (C=O) groups is 1. The van der Waals surface area contributed by atoms with E-state index in [1.54, 1.807) is 14.0 Å². The molecule has 6 nitrogen and oxygen atoms in total. The van der Waals surface area contributed by atoms with Crippen LogP contribution in [0.4, 0.5) is 0 Å².